The monoisotopic (exact) mass is 448 g/mol. The molecule has 11 heteroatoms. The number of rotatable bonds is 5. The smallest absolute Gasteiger partial charge is 0.744 e. The number of benzene rings is 3. The zero-order valence-corrected chi connectivity index (χ0v) is 19.8. The fourth-order valence-corrected chi connectivity index (χ4v) is 3.02. The first-order chi connectivity index (χ1) is 14.1. The quantitative estimate of drug-likeness (QED) is 0.350. The first-order valence-corrected chi connectivity index (χ1v) is 10.1. The Balaban J connectivity index is 0.00000341. The van der Waals surface area contributed by atoms with Crippen LogP contribution in [0, 0.1) is 13.8 Å². The SMILES string of the molecule is Cc1ccc(/N=N/c2c(O)ccc(/N=N/c3ccc(S(=O)(=O)[O-])cc3)c2O)c(C)c1.[Na+]. The van der Waals surface area contributed by atoms with Crippen LogP contribution in [0.25, 0.3) is 0 Å². The van der Waals surface area contributed by atoms with Crippen molar-refractivity contribution in [2.45, 2.75) is 18.7 Å². The van der Waals surface area contributed by atoms with Crippen LogP contribution in [-0.4, -0.2) is 23.2 Å². The van der Waals surface area contributed by atoms with Crippen molar-refractivity contribution in [3.05, 3.63) is 65.7 Å². The van der Waals surface area contributed by atoms with Gasteiger partial charge in [0.2, 0.25) is 0 Å². The molecule has 0 spiro atoms. The zero-order chi connectivity index (χ0) is 21.9. The fourth-order valence-electron chi connectivity index (χ4n) is 2.55. The number of azo groups is 2. The summed E-state index contributed by atoms with van der Waals surface area (Å²) in [7, 11) is -4.55. The van der Waals surface area contributed by atoms with Gasteiger partial charge in [0.05, 0.1) is 16.3 Å². The molecule has 3 rings (SSSR count). The minimum absolute atomic E-state index is 0. The van der Waals surface area contributed by atoms with Crippen LogP contribution < -0.4 is 29.6 Å². The van der Waals surface area contributed by atoms with Gasteiger partial charge in [-0.05, 0) is 61.9 Å². The van der Waals surface area contributed by atoms with Gasteiger partial charge in [-0.2, -0.15) is 10.2 Å². The second kappa shape index (κ2) is 10.1. The molecule has 0 bridgehead atoms. The van der Waals surface area contributed by atoms with Crippen LogP contribution in [-0.2, 0) is 10.1 Å². The van der Waals surface area contributed by atoms with Gasteiger partial charge in [-0.15, -0.1) is 10.2 Å². The van der Waals surface area contributed by atoms with E-state index in [2.05, 4.69) is 20.5 Å². The molecule has 0 radical (unpaired) electrons. The van der Waals surface area contributed by atoms with E-state index in [0.29, 0.717) is 5.69 Å². The standard InChI is InChI=1S/C20H18N4O5S.Na/c1-12-3-8-16(13(2)11-12)22-24-19-18(25)10-9-17(20(19)26)23-21-14-4-6-15(7-5-14)30(27,28)29;/h3-11,25-26H,1-2H3,(H,27,28,29);/q;+1/p-1/b23-21+,24-22+;. The number of nitrogens with zero attached hydrogens (tertiary/aromatic N) is 4. The normalized spacial score (nSPS) is 11.7. The van der Waals surface area contributed by atoms with Crippen LogP contribution in [0.1, 0.15) is 11.1 Å². The Morgan fingerprint density at radius 2 is 1.42 bits per heavy atom. The van der Waals surface area contributed by atoms with Gasteiger partial charge in [0.15, 0.2) is 11.4 Å². The van der Waals surface area contributed by atoms with E-state index in [1.807, 2.05) is 26.0 Å². The maximum atomic E-state index is 11.0. The van der Waals surface area contributed by atoms with Gasteiger partial charge >= 0.3 is 29.6 Å². The molecule has 3 aromatic rings. The molecular formula is C20H17N4NaO5S. The van der Waals surface area contributed by atoms with Crippen molar-refractivity contribution >= 4 is 32.9 Å². The largest absolute Gasteiger partial charge is 1.00 e. The summed E-state index contributed by atoms with van der Waals surface area (Å²) in [6, 6.07) is 13.0. The number of hydrogen-bond acceptors (Lipinski definition) is 9. The van der Waals surface area contributed by atoms with E-state index in [4.69, 9.17) is 0 Å². The Bertz CT molecular complexity index is 1260. The van der Waals surface area contributed by atoms with E-state index in [1.165, 1.54) is 24.3 Å². The van der Waals surface area contributed by atoms with Crippen LogP contribution in [0.5, 0.6) is 11.5 Å². The van der Waals surface area contributed by atoms with Crippen molar-refractivity contribution < 1.29 is 52.7 Å². The number of hydrogen-bond donors (Lipinski definition) is 2. The molecule has 154 valence electrons. The van der Waals surface area contributed by atoms with Gasteiger partial charge < -0.3 is 14.8 Å². The Labute approximate surface area is 201 Å². The Hall–Kier alpha value is -2.63. The molecule has 0 aromatic heterocycles. The topological polar surface area (TPSA) is 147 Å². The van der Waals surface area contributed by atoms with Crippen LogP contribution in [0.2, 0.25) is 0 Å². The minimum atomic E-state index is -4.55. The van der Waals surface area contributed by atoms with E-state index >= 15 is 0 Å². The third-order valence-corrected chi connectivity index (χ3v) is 4.97. The van der Waals surface area contributed by atoms with Gasteiger partial charge in [0.1, 0.15) is 21.6 Å². The second-order valence-corrected chi connectivity index (χ2v) is 7.82. The first kappa shape index (κ1) is 24.6. The summed E-state index contributed by atoms with van der Waals surface area (Å²) in [5.74, 6) is -0.712. The maximum Gasteiger partial charge on any atom is 1.00 e. The summed E-state index contributed by atoms with van der Waals surface area (Å²) >= 11 is 0. The molecule has 0 aliphatic rings. The van der Waals surface area contributed by atoms with Crippen molar-refractivity contribution in [1.29, 1.82) is 0 Å². The molecule has 0 aliphatic carbocycles. The summed E-state index contributed by atoms with van der Waals surface area (Å²) in [6.45, 7) is 3.82. The minimum Gasteiger partial charge on any atom is -0.744 e. The van der Waals surface area contributed by atoms with Gasteiger partial charge in [0.25, 0.3) is 0 Å². The van der Waals surface area contributed by atoms with Crippen molar-refractivity contribution in [2.24, 2.45) is 20.5 Å². The molecule has 3 aromatic carbocycles. The predicted octanol–water partition coefficient (Wildman–Crippen LogP) is 2.45. The molecule has 31 heavy (non-hydrogen) atoms. The van der Waals surface area contributed by atoms with Gasteiger partial charge in [-0.1, -0.05) is 17.7 Å². The van der Waals surface area contributed by atoms with Crippen LogP contribution in [0.15, 0.2) is 79.9 Å². The van der Waals surface area contributed by atoms with Gasteiger partial charge in [-0.25, -0.2) is 8.42 Å². The molecule has 2 N–H and O–H groups in total. The predicted molar refractivity (Wildman–Crippen MR) is 108 cm³/mol. The molecule has 0 heterocycles. The van der Waals surface area contributed by atoms with E-state index in [1.54, 1.807) is 6.07 Å². The van der Waals surface area contributed by atoms with Gasteiger partial charge in [0, 0.05) is 0 Å². The van der Waals surface area contributed by atoms with Crippen LogP contribution >= 0.6 is 0 Å². The van der Waals surface area contributed by atoms with Crippen molar-refractivity contribution in [1.82, 2.24) is 0 Å². The number of aryl methyl sites for hydroxylation is 2. The van der Waals surface area contributed by atoms with Crippen molar-refractivity contribution in [3.8, 4) is 11.5 Å². The molecule has 0 amide bonds. The molecule has 0 saturated carbocycles. The molecule has 0 atom stereocenters. The maximum absolute atomic E-state index is 11.0. The summed E-state index contributed by atoms with van der Waals surface area (Å²) < 4.78 is 32.9. The molecular weight excluding hydrogens is 431 g/mol. The van der Waals surface area contributed by atoms with E-state index in [0.717, 1.165) is 23.3 Å². The average molecular weight is 448 g/mol. The molecule has 0 fully saturated rings. The third kappa shape index (κ3) is 6.18. The number of phenols is 2. The van der Waals surface area contributed by atoms with Crippen LogP contribution in [0.4, 0.5) is 22.7 Å². The van der Waals surface area contributed by atoms with Crippen molar-refractivity contribution in [2.75, 3.05) is 0 Å². The molecule has 0 aliphatic heterocycles. The molecule has 9 nitrogen and oxygen atoms in total. The summed E-state index contributed by atoms with van der Waals surface area (Å²) in [6.07, 6.45) is 0. The zero-order valence-electron chi connectivity index (χ0n) is 17.0. The summed E-state index contributed by atoms with van der Waals surface area (Å²) in [5.41, 5.74) is 2.65. The Morgan fingerprint density at radius 1 is 0.806 bits per heavy atom. The number of aromatic hydroxyl groups is 2. The summed E-state index contributed by atoms with van der Waals surface area (Å²) in [4.78, 5) is -0.386. The molecule has 0 unspecified atom stereocenters. The fraction of sp³-hybridized carbons (Fsp3) is 0.100. The third-order valence-electron chi connectivity index (χ3n) is 4.12. The second-order valence-electron chi connectivity index (χ2n) is 6.44. The Morgan fingerprint density at radius 3 is 2.03 bits per heavy atom. The first-order valence-electron chi connectivity index (χ1n) is 8.67. The van der Waals surface area contributed by atoms with E-state index in [9.17, 15) is 23.2 Å². The number of phenolic OH excluding ortho intramolecular Hbond substituents is 2. The summed E-state index contributed by atoms with van der Waals surface area (Å²) in [5, 5.41) is 36.2. The average Bonchev–Trinajstić information content (AvgIpc) is 2.68. The van der Waals surface area contributed by atoms with Crippen LogP contribution in [0.3, 0.4) is 0 Å². The van der Waals surface area contributed by atoms with E-state index < -0.39 is 15.9 Å². The molecule has 0 saturated heterocycles. The van der Waals surface area contributed by atoms with Gasteiger partial charge in [-0.3, -0.25) is 0 Å². The van der Waals surface area contributed by atoms with E-state index in [-0.39, 0.29) is 57.3 Å². The Kier molecular flexibility index (Phi) is 8.04. The van der Waals surface area contributed by atoms with Crippen molar-refractivity contribution in [3.63, 3.8) is 0 Å².